The van der Waals surface area contributed by atoms with E-state index in [1.807, 2.05) is 62.4 Å². The smallest absolute Gasteiger partial charge is 0.294 e. The zero-order valence-electron chi connectivity index (χ0n) is 17.5. The lowest BCUT2D eigenvalue weighted by Gasteiger charge is -2.10. The van der Waals surface area contributed by atoms with Gasteiger partial charge in [0.2, 0.25) is 5.91 Å². The molecule has 4 aromatic rings. The van der Waals surface area contributed by atoms with Crippen LogP contribution in [-0.4, -0.2) is 27.8 Å². The van der Waals surface area contributed by atoms with Crippen molar-refractivity contribution in [1.82, 2.24) is 20.1 Å². The summed E-state index contributed by atoms with van der Waals surface area (Å²) in [6.07, 6.45) is 0. The number of benzene rings is 2. The Hall–Kier alpha value is -3.52. The Morgan fingerprint density at radius 2 is 1.94 bits per heavy atom. The number of amides is 1. The molecule has 0 aliphatic heterocycles. The van der Waals surface area contributed by atoms with Gasteiger partial charge in [0.05, 0.1) is 16.8 Å². The summed E-state index contributed by atoms with van der Waals surface area (Å²) >= 11 is 1.41. The normalized spacial score (nSPS) is 10.9. The highest BCUT2D eigenvalue weighted by atomic mass is 32.1. The number of hydrogen-bond acceptors (Lipinski definition) is 6. The summed E-state index contributed by atoms with van der Waals surface area (Å²) in [5, 5.41) is 8.14. The van der Waals surface area contributed by atoms with Crippen LogP contribution < -0.4 is 15.6 Å². The Labute approximate surface area is 183 Å². The zero-order chi connectivity index (χ0) is 22.0. The van der Waals surface area contributed by atoms with Gasteiger partial charge in [0.1, 0.15) is 18.0 Å². The molecule has 4 rings (SSSR count). The van der Waals surface area contributed by atoms with Crippen molar-refractivity contribution in [3.05, 3.63) is 75.0 Å². The van der Waals surface area contributed by atoms with Gasteiger partial charge < -0.3 is 10.1 Å². The SMILES string of the molecule is COc1cccc(-c2nn(CC(=O)NCc3ccc(C)cc3)c(=O)c3nc(C)sc23)c1. The van der Waals surface area contributed by atoms with Gasteiger partial charge in [-0.05, 0) is 31.5 Å². The van der Waals surface area contributed by atoms with Crippen LogP contribution in [0, 0.1) is 13.8 Å². The Bertz CT molecular complexity index is 1310. The molecule has 0 atom stereocenters. The van der Waals surface area contributed by atoms with E-state index in [1.54, 1.807) is 7.11 Å². The maximum atomic E-state index is 12.9. The summed E-state index contributed by atoms with van der Waals surface area (Å²) in [6.45, 7) is 4.05. The first-order valence-corrected chi connectivity index (χ1v) is 10.6. The zero-order valence-corrected chi connectivity index (χ0v) is 18.3. The van der Waals surface area contributed by atoms with Gasteiger partial charge in [-0.2, -0.15) is 5.10 Å². The molecule has 2 aromatic heterocycles. The van der Waals surface area contributed by atoms with Crippen molar-refractivity contribution in [2.45, 2.75) is 26.9 Å². The lowest BCUT2D eigenvalue weighted by Crippen LogP contribution is -2.33. The quantitative estimate of drug-likeness (QED) is 0.502. The van der Waals surface area contributed by atoms with Gasteiger partial charge in [0.25, 0.3) is 5.56 Å². The van der Waals surface area contributed by atoms with E-state index in [2.05, 4.69) is 15.4 Å². The number of hydrogen-bond donors (Lipinski definition) is 1. The molecular formula is C23H22N4O3S. The molecule has 0 unspecified atom stereocenters. The topological polar surface area (TPSA) is 86.1 Å². The minimum absolute atomic E-state index is 0.186. The molecule has 2 aromatic carbocycles. The number of aromatic nitrogens is 3. The van der Waals surface area contributed by atoms with E-state index in [-0.39, 0.29) is 18.0 Å². The average molecular weight is 435 g/mol. The molecule has 7 nitrogen and oxygen atoms in total. The van der Waals surface area contributed by atoms with Crippen LogP contribution in [-0.2, 0) is 17.9 Å². The van der Waals surface area contributed by atoms with E-state index >= 15 is 0 Å². The van der Waals surface area contributed by atoms with E-state index in [1.165, 1.54) is 16.0 Å². The van der Waals surface area contributed by atoms with E-state index in [0.717, 1.165) is 21.7 Å². The second kappa shape index (κ2) is 8.69. The number of rotatable bonds is 6. The number of methoxy groups -OCH3 is 1. The molecule has 0 saturated heterocycles. The van der Waals surface area contributed by atoms with Gasteiger partial charge in [-0.15, -0.1) is 11.3 Å². The fourth-order valence-electron chi connectivity index (χ4n) is 3.23. The number of carbonyl (C=O) groups excluding carboxylic acids is 1. The van der Waals surface area contributed by atoms with Gasteiger partial charge in [0, 0.05) is 12.1 Å². The van der Waals surface area contributed by atoms with Crippen molar-refractivity contribution in [3.63, 3.8) is 0 Å². The summed E-state index contributed by atoms with van der Waals surface area (Å²) in [6, 6.07) is 15.4. The number of nitrogens with zero attached hydrogens (tertiary/aromatic N) is 3. The number of ether oxygens (including phenoxy) is 1. The Morgan fingerprint density at radius 3 is 2.68 bits per heavy atom. The summed E-state index contributed by atoms with van der Waals surface area (Å²) in [5.41, 5.74) is 3.48. The van der Waals surface area contributed by atoms with Crippen LogP contribution in [0.15, 0.2) is 53.3 Å². The van der Waals surface area contributed by atoms with Crippen molar-refractivity contribution < 1.29 is 9.53 Å². The first kappa shape index (κ1) is 20.7. The summed E-state index contributed by atoms with van der Waals surface area (Å²) in [7, 11) is 1.60. The Balaban J connectivity index is 1.65. The molecular weight excluding hydrogens is 412 g/mol. The number of aryl methyl sites for hydroxylation is 2. The molecule has 0 radical (unpaired) electrons. The molecule has 0 aliphatic carbocycles. The van der Waals surface area contributed by atoms with Crippen LogP contribution in [0.3, 0.4) is 0 Å². The standard InChI is InChI=1S/C23H22N4O3S/c1-14-7-9-16(10-8-14)12-24-19(28)13-27-23(29)21-22(31-15(2)25-21)20(26-27)17-5-4-6-18(11-17)30-3/h4-11H,12-13H2,1-3H3,(H,24,28). The monoisotopic (exact) mass is 434 g/mol. The van der Waals surface area contributed by atoms with Crippen LogP contribution in [0.1, 0.15) is 16.1 Å². The minimum atomic E-state index is -0.378. The highest BCUT2D eigenvalue weighted by Crippen LogP contribution is 2.31. The lowest BCUT2D eigenvalue weighted by atomic mass is 10.1. The van der Waals surface area contributed by atoms with Crippen LogP contribution in [0.25, 0.3) is 21.5 Å². The van der Waals surface area contributed by atoms with Crippen LogP contribution in [0.2, 0.25) is 0 Å². The summed E-state index contributed by atoms with van der Waals surface area (Å²) < 4.78 is 7.20. The molecule has 0 saturated carbocycles. The number of carbonyl (C=O) groups is 1. The Kier molecular flexibility index (Phi) is 5.81. The van der Waals surface area contributed by atoms with Gasteiger partial charge in [-0.3, -0.25) is 9.59 Å². The van der Waals surface area contributed by atoms with Gasteiger partial charge in [-0.1, -0.05) is 42.0 Å². The maximum absolute atomic E-state index is 12.9. The van der Waals surface area contributed by atoms with Crippen molar-refractivity contribution in [2.75, 3.05) is 7.11 Å². The van der Waals surface area contributed by atoms with Crippen LogP contribution in [0.4, 0.5) is 0 Å². The number of thiazole rings is 1. The molecule has 0 fully saturated rings. The third-order valence-corrected chi connectivity index (χ3v) is 5.83. The third-order valence-electron chi connectivity index (χ3n) is 4.85. The van der Waals surface area contributed by atoms with Crippen LogP contribution in [0.5, 0.6) is 5.75 Å². The fraction of sp³-hybridized carbons (Fsp3) is 0.217. The summed E-state index contributed by atoms with van der Waals surface area (Å²) in [4.78, 5) is 29.9. The molecule has 1 amide bonds. The Morgan fingerprint density at radius 1 is 1.16 bits per heavy atom. The summed E-state index contributed by atoms with van der Waals surface area (Å²) in [5.74, 6) is 0.389. The first-order valence-electron chi connectivity index (χ1n) is 9.79. The molecule has 0 spiro atoms. The lowest BCUT2D eigenvalue weighted by molar-refractivity contribution is -0.122. The molecule has 1 N–H and O–H groups in total. The highest BCUT2D eigenvalue weighted by molar-refractivity contribution is 7.19. The molecule has 8 heteroatoms. The van der Waals surface area contributed by atoms with E-state index in [9.17, 15) is 9.59 Å². The van der Waals surface area contributed by atoms with Crippen molar-refractivity contribution in [1.29, 1.82) is 0 Å². The van der Waals surface area contributed by atoms with E-state index in [4.69, 9.17) is 4.74 Å². The second-order valence-corrected chi connectivity index (χ2v) is 8.42. The molecule has 0 aliphatic rings. The predicted octanol–water partition coefficient (Wildman–Crippen LogP) is 3.46. The largest absolute Gasteiger partial charge is 0.497 e. The van der Waals surface area contributed by atoms with Gasteiger partial charge in [-0.25, -0.2) is 9.67 Å². The van der Waals surface area contributed by atoms with E-state index < -0.39 is 0 Å². The van der Waals surface area contributed by atoms with Crippen LogP contribution >= 0.6 is 11.3 Å². The number of fused-ring (bicyclic) bond motifs is 1. The van der Waals surface area contributed by atoms with Gasteiger partial charge >= 0.3 is 0 Å². The fourth-order valence-corrected chi connectivity index (χ4v) is 4.15. The second-order valence-electron chi connectivity index (χ2n) is 7.22. The van der Waals surface area contributed by atoms with Gasteiger partial charge in [0.15, 0.2) is 5.52 Å². The van der Waals surface area contributed by atoms with Crippen molar-refractivity contribution in [3.8, 4) is 17.0 Å². The van der Waals surface area contributed by atoms with Crippen molar-refractivity contribution >= 4 is 27.5 Å². The average Bonchev–Trinajstić information content (AvgIpc) is 3.17. The first-order chi connectivity index (χ1) is 14.9. The molecule has 31 heavy (non-hydrogen) atoms. The minimum Gasteiger partial charge on any atom is -0.497 e. The maximum Gasteiger partial charge on any atom is 0.294 e. The molecule has 158 valence electrons. The van der Waals surface area contributed by atoms with Crippen molar-refractivity contribution in [2.24, 2.45) is 0 Å². The third kappa shape index (κ3) is 4.49. The highest BCUT2D eigenvalue weighted by Gasteiger charge is 2.18. The molecule has 2 heterocycles. The molecule has 0 bridgehead atoms. The number of nitrogens with one attached hydrogen (secondary N) is 1. The predicted molar refractivity (Wildman–Crippen MR) is 121 cm³/mol. The van der Waals surface area contributed by atoms with E-state index in [0.29, 0.717) is 28.2 Å².